The van der Waals surface area contributed by atoms with Crippen LogP contribution in [0.15, 0.2) is 18.2 Å². The third-order valence-electron chi connectivity index (χ3n) is 3.90. The summed E-state index contributed by atoms with van der Waals surface area (Å²) in [5.74, 6) is 0.938. The topological polar surface area (TPSA) is 95.0 Å². The highest BCUT2D eigenvalue weighted by Crippen LogP contribution is 2.26. The second kappa shape index (κ2) is 5.51. The summed E-state index contributed by atoms with van der Waals surface area (Å²) >= 11 is 0. The van der Waals surface area contributed by atoms with Crippen LogP contribution < -0.4 is 0 Å². The van der Waals surface area contributed by atoms with Crippen LogP contribution in [0.4, 0.5) is 0 Å². The van der Waals surface area contributed by atoms with Crippen molar-refractivity contribution in [2.24, 2.45) is 5.92 Å². The second-order valence-corrected chi connectivity index (χ2v) is 5.41. The second-order valence-electron chi connectivity index (χ2n) is 5.41. The molecule has 2 heterocycles. The van der Waals surface area contributed by atoms with E-state index in [1.807, 2.05) is 13.0 Å². The highest BCUT2D eigenvalue weighted by atomic mass is 16.3. The highest BCUT2D eigenvalue weighted by Gasteiger charge is 2.29. The monoisotopic (exact) mass is 287 g/mol. The molecule has 21 heavy (non-hydrogen) atoms. The van der Waals surface area contributed by atoms with E-state index < -0.39 is 0 Å². The van der Waals surface area contributed by atoms with E-state index in [2.05, 4.69) is 20.6 Å². The summed E-state index contributed by atoms with van der Waals surface area (Å²) in [6, 6.07) is 5.12. The summed E-state index contributed by atoms with van der Waals surface area (Å²) < 4.78 is 0. The number of nitrogens with zero attached hydrogens (tertiary/aromatic N) is 4. The number of rotatable bonds is 3. The molecular weight excluding hydrogens is 270 g/mol. The Hall–Kier alpha value is -2.44. The van der Waals surface area contributed by atoms with Crippen molar-refractivity contribution in [2.45, 2.75) is 19.8 Å². The van der Waals surface area contributed by atoms with E-state index in [0.717, 1.165) is 12.0 Å². The van der Waals surface area contributed by atoms with E-state index in [1.165, 1.54) is 0 Å². The SMILES string of the molecule is Cc1cccc(O)c1C(=O)N1CCC(Cc2nn[nH]n2)C1. The Morgan fingerprint density at radius 1 is 1.52 bits per heavy atom. The van der Waals surface area contributed by atoms with Crippen molar-refractivity contribution in [1.29, 1.82) is 0 Å². The summed E-state index contributed by atoms with van der Waals surface area (Å²) in [7, 11) is 0. The number of tetrazole rings is 1. The van der Waals surface area contributed by atoms with Gasteiger partial charge in [-0.25, -0.2) is 0 Å². The molecule has 0 aliphatic carbocycles. The van der Waals surface area contributed by atoms with Crippen molar-refractivity contribution in [3.63, 3.8) is 0 Å². The van der Waals surface area contributed by atoms with Crippen molar-refractivity contribution in [1.82, 2.24) is 25.5 Å². The summed E-state index contributed by atoms with van der Waals surface area (Å²) in [6.07, 6.45) is 1.62. The number of phenols is 1. The van der Waals surface area contributed by atoms with Gasteiger partial charge in [-0.3, -0.25) is 4.79 Å². The minimum atomic E-state index is -0.110. The molecule has 0 radical (unpaired) electrons. The average molecular weight is 287 g/mol. The lowest BCUT2D eigenvalue weighted by Gasteiger charge is -2.18. The van der Waals surface area contributed by atoms with E-state index in [1.54, 1.807) is 17.0 Å². The summed E-state index contributed by atoms with van der Waals surface area (Å²) in [6.45, 7) is 3.18. The van der Waals surface area contributed by atoms with Crippen LogP contribution in [0.1, 0.15) is 28.2 Å². The minimum Gasteiger partial charge on any atom is -0.507 e. The molecule has 2 N–H and O–H groups in total. The minimum absolute atomic E-state index is 0.0432. The van der Waals surface area contributed by atoms with Crippen LogP contribution in [0.25, 0.3) is 0 Å². The maximum Gasteiger partial charge on any atom is 0.257 e. The highest BCUT2D eigenvalue weighted by molar-refractivity contribution is 5.98. The first-order chi connectivity index (χ1) is 10.1. The summed E-state index contributed by atoms with van der Waals surface area (Å²) in [5.41, 5.74) is 1.19. The van der Waals surface area contributed by atoms with Gasteiger partial charge >= 0.3 is 0 Å². The molecule has 110 valence electrons. The molecule has 1 fully saturated rings. The molecule has 0 bridgehead atoms. The zero-order valence-electron chi connectivity index (χ0n) is 11.8. The Bertz CT molecular complexity index is 621. The van der Waals surface area contributed by atoms with Gasteiger partial charge in [0.2, 0.25) is 0 Å². The first-order valence-corrected chi connectivity index (χ1v) is 6.95. The quantitative estimate of drug-likeness (QED) is 0.875. The molecule has 1 aromatic heterocycles. The Kier molecular flexibility index (Phi) is 3.55. The number of H-pyrrole nitrogens is 1. The number of aromatic hydroxyl groups is 1. The molecule has 2 aromatic rings. The number of carbonyl (C=O) groups excluding carboxylic acids is 1. The number of amides is 1. The van der Waals surface area contributed by atoms with Crippen LogP contribution >= 0.6 is 0 Å². The molecule has 7 heteroatoms. The van der Waals surface area contributed by atoms with Crippen molar-refractivity contribution >= 4 is 5.91 Å². The average Bonchev–Trinajstić information content (AvgIpc) is 3.10. The molecule has 1 aromatic carbocycles. The molecule has 0 spiro atoms. The van der Waals surface area contributed by atoms with Gasteiger partial charge in [0, 0.05) is 19.5 Å². The number of carbonyl (C=O) groups is 1. The van der Waals surface area contributed by atoms with Crippen molar-refractivity contribution < 1.29 is 9.90 Å². The largest absolute Gasteiger partial charge is 0.507 e. The predicted octanol–water partition coefficient (Wildman–Crippen LogP) is 0.919. The summed E-state index contributed by atoms with van der Waals surface area (Å²) in [4.78, 5) is 14.3. The molecule has 1 aliphatic rings. The normalized spacial score (nSPS) is 18.1. The first-order valence-electron chi connectivity index (χ1n) is 6.95. The number of benzene rings is 1. The maximum atomic E-state index is 12.6. The van der Waals surface area contributed by atoms with Gasteiger partial charge in [-0.15, -0.1) is 10.2 Å². The van der Waals surface area contributed by atoms with Gasteiger partial charge in [-0.1, -0.05) is 17.3 Å². The smallest absolute Gasteiger partial charge is 0.257 e. The van der Waals surface area contributed by atoms with E-state index in [-0.39, 0.29) is 11.7 Å². The molecule has 1 amide bonds. The van der Waals surface area contributed by atoms with Gasteiger partial charge in [0.15, 0.2) is 5.82 Å². The fourth-order valence-corrected chi connectivity index (χ4v) is 2.80. The number of likely N-dealkylation sites (tertiary alicyclic amines) is 1. The standard InChI is InChI=1S/C14H17N5O2/c1-9-3-2-4-11(20)13(9)14(21)19-6-5-10(8-19)7-12-15-17-18-16-12/h2-4,10,20H,5-8H2,1H3,(H,15,16,17,18). The number of hydrogen-bond donors (Lipinski definition) is 2. The van der Waals surface area contributed by atoms with Crippen LogP contribution in [0, 0.1) is 12.8 Å². The van der Waals surface area contributed by atoms with Crippen LogP contribution in [-0.2, 0) is 6.42 Å². The van der Waals surface area contributed by atoms with E-state index >= 15 is 0 Å². The molecule has 1 unspecified atom stereocenters. The molecule has 1 saturated heterocycles. The Morgan fingerprint density at radius 2 is 2.38 bits per heavy atom. The molecule has 1 aliphatic heterocycles. The molecule has 3 rings (SSSR count). The van der Waals surface area contributed by atoms with Crippen LogP contribution in [0.5, 0.6) is 5.75 Å². The van der Waals surface area contributed by atoms with Gasteiger partial charge in [-0.05, 0) is 30.9 Å². The molecule has 1 atom stereocenters. The maximum absolute atomic E-state index is 12.6. The lowest BCUT2D eigenvalue weighted by atomic mass is 10.0. The van der Waals surface area contributed by atoms with E-state index in [9.17, 15) is 9.90 Å². The van der Waals surface area contributed by atoms with Crippen LogP contribution in [0.2, 0.25) is 0 Å². The number of aromatic amines is 1. The fraction of sp³-hybridized carbons (Fsp3) is 0.429. The third kappa shape index (κ3) is 2.72. The first kappa shape index (κ1) is 13.5. The van der Waals surface area contributed by atoms with Gasteiger partial charge in [-0.2, -0.15) is 5.21 Å². The number of aromatic nitrogens is 4. The van der Waals surface area contributed by atoms with Crippen LogP contribution in [0.3, 0.4) is 0 Å². The zero-order chi connectivity index (χ0) is 14.8. The van der Waals surface area contributed by atoms with E-state index in [4.69, 9.17) is 0 Å². The van der Waals surface area contributed by atoms with Gasteiger partial charge in [0.1, 0.15) is 5.75 Å². The number of aryl methyl sites for hydroxylation is 1. The predicted molar refractivity (Wildman–Crippen MR) is 74.7 cm³/mol. The number of hydrogen-bond acceptors (Lipinski definition) is 5. The Balaban J connectivity index is 1.70. The van der Waals surface area contributed by atoms with Gasteiger partial charge in [0.25, 0.3) is 5.91 Å². The van der Waals surface area contributed by atoms with Gasteiger partial charge < -0.3 is 10.0 Å². The van der Waals surface area contributed by atoms with Crippen molar-refractivity contribution in [3.8, 4) is 5.75 Å². The third-order valence-corrected chi connectivity index (χ3v) is 3.90. The Labute approximate surface area is 122 Å². The van der Waals surface area contributed by atoms with Crippen LogP contribution in [-0.4, -0.2) is 49.6 Å². The molecule has 0 saturated carbocycles. The van der Waals surface area contributed by atoms with Gasteiger partial charge in [0.05, 0.1) is 5.56 Å². The summed E-state index contributed by atoms with van der Waals surface area (Å²) in [5, 5.41) is 23.8. The van der Waals surface area contributed by atoms with Crippen molar-refractivity contribution in [2.75, 3.05) is 13.1 Å². The lowest BCUT2D eigenvalue weighted by Crippen LogP contribution is -2.29. The zero-order valence-corrected chi connectivity index (χ0v) is 11.8. The number of nitrogens with one attached hydrogen (secondary N) is 1. The Morgan fingerprint density at radius 3 is 3.10 bits per heavy atom. The van der Waals surface area contributed by atoms with Crippen molar-refractivity contribution in [3.05, 3.63) is 35.2 Å². The fourth-order valence-electron chi connectivity index (χ4n) is 2.80. The number of phenolic OH excluding ortho intramolecular Hbond substituents is 1. The lowest BCUT2D eigenvalue weighted by molar-refractivity contribution is 0.0783. The molecule has 7 nitrogen and oxygen atoms in total. The van der Waals surface area contributed by atoms with E-state index in [0.29, 0.717) is 36.8 Å². The molecular formula is C14H17N5O2.